The van der Waals surface area contributed by atoms with Crippen molar-refractivity contribution in [2.45, 2.75) is 6.92 Å². The molecule has 3 aromatic rings. The van der Waals surface area contributed by atoms with Gasteiger partial charge in [-0.2, -0.15) is 0 Å². The molecule has 0 unspecified atom stereocenters. The standard InChI is InChI=1S/C20H18N2O4/c1-13(23)16-10-18(22(2)11-16)20(25)26-12-19(24)21-17-8-7-14-5-3-4-6-15(14)9-17/h3-11H,12H2,1-2H3,(H,21,24). The van der Waals surface area contributed by atoms with E-state index in [-0.39, 0.29) is 11.5 Å². The number of aromatic nitrogens is 1. The number of anilines is 1. The predicted molar refractivity (Wildman–Crippen MR) is 98.3 cm³/mol. The molecule has 0 aliphatic rings. The predicted octanol–water partition coefficient (Wildman–Crippen LogP) is 3.18. The highest BCUT2D eigenvalue weighted by molar-refractivity contribution is 5.99. The van der Waals surface area contributed by atoms with Crippen LogP contribution in [0, 0.1) is 0 Å². The number of nitrogens with zero attached hydrogens (tertiary/aromatic N) is 1. The van der Waals surface area contributed by atoms with Crippen molar-refractivity contribution in [3.8, 4) is 0 Å². The number of Topliss-reactive ketones (excluding diaryl/α,β-unsaturated/α-hetero) is 1. The molecule has 3 rings (SSSR count). The minimum absolute atomic E-state index is 0.145. The molecule has 1 aromatic heterocycles. The van der Waals surface area contributed by atoms with E-state index in [1.165, 1.54) is 17.6 Å². The van der Waals surface area contributed by atoms with Crippen LogP contribution in [0.25, 0.3) is 10.8 Å². The fourth-order valence-electron chi connectivity index (χ4n) is 2.63. The van der Waals surface area contributed by atoms with Crippen LogP contribution in [0.4, 0.5) is 5.69 Å². The Morgan fingerprint density at radius 2 is 1.77 bits per heavy atom. The molecule has 2 aromatic carbocycles. The third kappa shape index (κ3) is 3.80. The second kappa shape index (κ2) is 7.23. The van der Waals surface area contributed by atoms with Crippen molar-refractivity contribution >= 4 is 34.1 Å². The number of nitrogens with one attached hydrogen (secondary N) is 1. The lowest BCUT2D eigenvalue weighted by Crippen LogP contribution is -2.21. The van der Waals surface area contributed by atoms with Crippen LogP contribution in [0.15, 0.2) is 54.7 Å². The number of carbonyl (C=O) groups is 3. The average molecular weight is 350 g/mol. The molecule has 0 fully saturated rings. The lowest BCUT2D eigenvalue weighted by Gasteiger charge is -2.08. The normalized spacial score (nSPS) is 10.5. The van der Waals surface area contributed by atoms with Crippen molar-refractivity contribution < 1.29 is 19.1 Å². The van der Waals surface area contributed by atoms with Crippen molar-refractivity contribution in [3.63, 3.8) is 0 Å². The van der Waals surface area contributed by atoms with Gasteiger partial charge in [0.25, 0.3) is 5.91 Å². The molecule has 0 aliphatic heterocycles. The Kier molecular flexibility index (Phi) is 4.84. The van der Waals surface area contributed by atoms with E-state index in [0.717, 1.165) is 10.8 Å². The van der Waals surface area contributed by atoms with Crippen molar-refractivity contribution in [1.29, 1.82) is 0 Å². The van der Waals surface area contributed by atoms with Gasteiger partial charge in [0.1, 0.15) is 5.69 Å². The molecule has 1 heterocycles. The molecule has 0 aliphatic carbocycles. The molecule has 0 atom stereocenters. The van der Waals surface area contributed by atoms with E-state index < -0.39 is 18.5 Å². The highest BCUT2D eigenvalue weighted by Crippen LogP contribution is 2.18. The van der Waals surface area contributed by atoms with E-state index in [1.54, 1.807) is 19.3 Å². The number of amides is 1. The lowest BCUT2D eigenvalue weighted by molar-refractivity contribution is -0.119. The third-order valence-electron chi connectivity index (χ3n) is 3.99. The second-order valence-corrected chi connectivity index (χ2v) is 5.97. The van der Waals surface area contributed by atoms with Gasteiger partial charge in [-0.15, -0.1) is 0 Å². The Balaban J connectivity index is 1.61. The average Bonchev–Trinajstić information content (AvgIpc) is 3.02. The number of rotatable bonds is 5. The minimum atomic E-state index is -0.659. The second-order valence-electron chi connectivity index (χ2n) is 5.97. The van der Waals surface area contributed by atoms with Crippen molar-refractivity contribution in [3.05, 3.63) is 66.0 Å². The summed E-state index contributed by atoms with van der Waals surface area (Å²) >= 11 is 0. The smallest absolute Gasteiger partial charge is 0.355 e. The first-order chi connectivity index (χ1) is 12.4. The number of hydrogen-bond donors (Lipinski definition) is 1. The lowest BCUT2D eigenvalue weighted by atomic mass is 10.1. The van der Waals surface area contributed by atoms with Gasteiger partial charge in [0, 0.05) is 24.5 Å². The molecular formula is C20H18N2O4. The molecule has 132 valence electrons. The zero-order valence-corrected chi connectivity index (χ0v) is 14.5. The Morgan fingerprint density at radius 1 is 1.04 bits per heavy atom. The summed E-state index contributed by atoms with van der Waals surface area (Å²) < 4.78 is 6.54. The highest BCUT2D eigenvalue weighted by atomic mass is 16.5. The van der Waals surface area contributed by atoms with Crippen LogP contribution in [0.5, 0.6) is 0 Å². The first kappa shape index (κ1) is 17.4. The van der Waals surface area contributed by atoms with E-state index in [9.17, 15) is 14.4 Å². The van der Waals surface area contributed by atoms with Crippen molar-refractivity contribution in [2.75, 3.05) is 11.9 Å². The maximum Gasteiger partial charge on any atom is 0.355 e. The Hall–Kier alpha value is -3.41. The molecule has 0 bridgehead atoms. The Bertz CT molecular complexity index is 1000. The zero-order chi connectivity index (χ0) is 18.7. The molecule has 0 saturated heterocycles. The van der Waals surface area contributed by atoms with Crippen LogP contribution >= 0.6 is 0 Å². The van der Waals surface area contributed by atoms with Gasteiger partial charge in [-0.1, -0.05) is 30.3 Å². The number of ketones is 1. The van der Waals surface area contributed by atoms with Gasteiger partial charge >= 0.3 is 5.97 Å². The summed E-state index contributed by atoms with van der Waals surface area (Å²) in [6.45, 7) is 1.01. The first-order valence-electron chi connectivity index (χ1n) is 8.07. The quantitative estimate of drug-likeness (QED) is 0.566. The van der Waals surface area contributed by atoms with Crippen LogP contribution in [0.3, 0.4) is 0 Å². The largest absolute Gasteiger partial charge is 0.451 e. The monoisotopic (exact) mass is 350 g/mol. The van der Waals surface area contributed by atoms with Crippen LogP contribution < -0.4 is 5.32 Å². The van der Waals surface area contributed by atoms with Crippen LogP contribution in [-0.4, -0.2) is 28.8 Å². The van der Waals surface area contributed by atoms with Gasteiger partial charge in [0.05, 0.1) is 0 Å². The van der Waals surface area contributed by atoms with Gasteiger partial charge < -0.3 is 14.6 Å². The summed E-state index contributed by atoms with van der Waals surface area (Å²) in [6.07, 6.45) is 1.55. The van der Waals surface area contributed by atoms with Gasteiger partial charge in [0.2, 0.25) is 0 Å². The van der Waals surface area contributed by atoms with Gasteiger partial charge in [-0.05, 0) is 35.9 Å². The summed E-state index contributed by atoms with van der Waals surface area (Å²) in [4.78, 5) is 35.5. The summed E-state index contributed by atoms with van der Waals surface area (Å²) in [7, 11) is 1.64. The molecular weight excluding hydrogens is 332 g/mol. The van der Waals surface area contributed by atoms with Crippen LogP contribution in [0.1, 0.15) is 27.8 Å². The number of benzene rings is 2. The van der Waals surface area contributed by atoms with Gasteiger partial charge in [-0.25, -0.2) is 4.79 Å². The van der Waals surface area contributed by atoms with Crippen LogP contribution in [0.2, 0.25) is 0 Å². The molecule has 6 heteroatoms. The summed E-state index contributed by atoms with van der Waals surface area (Å²) in [6, 6.07) is 14.8. The molecule has 0 spiro atoms. The molecule has 6 nitrogen and oxygen atoms in total. The summed E-state index contributed by atoms with van der Waals surface area (Å²) in [5.74, 6) is -1.24. The molecule has 0 radical (unpaired) electrons. The highest BCUT2D eigenvalue weighted by Gasteiger charge is 2.16. The number of carbonyl (C=O) groups excluding carboxylic acids is 3. The molecule has 0 saturated carbocycles. The van der Waals surface area contributed by atoms with Crippen LogP contribution in [-0.2, 0) is 16.6 Å². The topological polar surface area (TPSA) is 77.4 Å². The van der Waals surface area contributed by atoms with E-state index in [1.807, 2.05) is 36.4 Å². The SMILES string of the molecule is CC(=O)c1cc(C(=O)OCC(=O)Nc2ccc3ccccc3c2)n(C)c1. The summed E-state index contributed by atoms with van der Waals surface area (Å²) in [5, 5.41) is 4.78. The fourth-order valence-corrected chi connectivity index (χ4v) is 2.63. The van der Waals surface area contributed by atoms with E-state index >= 15 is 0 Å². The third-order valence-corrected chi connectivity index (χ3v) is 3.99. The number of hydrogen-bond acceptors (Lipinski definition) is 4. The van der Waals surface area contributed by atoms with Crippen molar-refractivity contribution in [2.24, 2.45) is 7.05 Å². The molecule has 1 amide bonds. The fraction of sp³-hybridized carbons (Fsp3) is 0.150. The number of esters is 1. The first-order valence-corrected chi connectivity index (χ1v) is 8.07. The van der Waals surface area contributed by atoms with E-state index in [4.69, 9.17) is 4.74 Å². The minimum Gasteiger partial charge on any atom is -0.451 e. The molecule has 26 heavy (non-hydrogen) atoms. The summed E-state index contributed by atoms with van der Waals surface area (Å²) in [5.41, 5.74) is 1.26. The van der Waals surface area contributed by atoms with E-state index in [2.05, 4.69) is 5.32 Å². The Labute approximate surface area is 150 Å². The van der Waals surface area contributed by atoms with Gasteiger partial charge in [0.15, 0.2) is 12.4 Å². The molecule has 1 N–H and O–H groups in total. The van der Waals surface area contributed by atoms with E-state index in [0.29, 0.717) is 11.3 Å². The number of aryl methyl sites for hydroxylation is 1. The zero-order valence-electron chi connectivity index (χ0n) is 14.5. The number of ether oxygens (including phenoxy) is 1. The Morgan fingerprint density at radius 3 is 2.46 bits per heavy atom. The number of fused-ring (bicyclic) bond motifs is 1. The maximum atomic E-state index is 12.1. The van der Waals surface area contributed by atoms with Gasteiger partial charge in [-0.3, -0.25) is 9.59 Å². The maximum absolute atomic E-state index is 12.1. The van der Waals surface area contributed by atoms with Crippen molar-refractivity contribution in [1.82, 2.24) is 4.57 Å².